The number of nitrogens with zero attached hydrogens (tertiary/aromatic N) is 1. The van der Waals surface area contributed by atoms with E-state index in [0.717, 1.165) is 83.2 Å². The lowest BCUT2D eigenvalue weighted by atomic mass is 9.82. The molecular weight excluding hydrogens is 767 g/mol. The zero-order valence-electron chi connectivity index (χ0n) is 35.7. The number of benzene rings is 9. The Balaban J connectivity index is 0.950. The van der Waals surface area contributed by atoms with Crippen molar-refractivity contribution in [2.75, 3.05) is 4.90 Å². The highest BCUT2D eigenvalue weighted by molar-refractivity contribution is 6.20. The summed E-state index contributed by atoms with van der Waals surface area (Å²) in [4.78, 5) is 2.44. The summed E-state index contributed by atoms with van der Waals surface area (Å²) in [5, 5.41) is 4.29. The number of hydrogen-bond acceptors (Lipinski definition) is 3. The van der Waals surface area contributed by atoms with Gasteiger partial charge in [-0.15, -0.1) is 0 Å². The molecule has 0 aliphatic heterocycles. The minimum atomic E-state index is -0.122. The second-order valence-corrected chi connectivity index (χ2v) is 18.5. The molecule has 2 heterocycles. The van der Waals surface area contributed by atoms with Crippen molar-refractivity contribution in [2.45, 2.75) is 38.5 Å². The molecule has 3 heteroatoms. The van der Waals surface area contributed by atoms with Gasteiger partial charge in [0.25, 0.3) is 0 Å². The van der Waals surface area contributed by atoms with Crippen molar-refractivity contribution in [3.05, 3.63) is 210 Å². The first-order valence-electron chi connectivity index (χ1n) is 22.0. The van der Waals surface area contributed by atoms with Gasteiger partial charge >= 0.3 is 0 Å². The molecular formula is C60H43NO2. The Morgan fingerprint density at radius 3 is 1.24 bits per heavy atom. The van der Waals surface area contributed by atoms with Gasteiger partial charge in [0.2, 0.25) is 0 Å². The molecule has 0 spiro atoms. The second kappa shape index (κ2) is 13.0. The summed E-state index contributed by atoms with van der Waals surface area (Å²) in [6.45, 7) is 9.43. The van der Waals surface area contributed by atoms with Crippen LogP contribution in [0.2, 0.25) is 0 Å². The molecule has 11 aromatic rings. The highest BCUT2D eigenvalue weighted by atomic mass is 16.3. The molecule has 2 aromatic heterocycles. The van der Waals surface area contributed by atoms with E-state index in [1.165, 1.54) is 44.5 Å². The molecule has 2 aliphatic rings. The molecule has 300 valence electrons. The van der Waals surface area contributed by atoms with Gasteiger partial charge in [-0.2, -0.15) is 0 Å². The molecule has 3 nitrogen and oxygen atoms in total. The van der Waals surface area contributed by atoms with Crippen LogP contribution in [0.25, 0.3) is 88.4 Å². The third-order valence-corrected chi connectivity index (χ3v) is 14.3. The summed E-state index contributed by atoms with van der Waals surface area (Å²) in [6.07, 6.45) is 0. The molecule has 9 aromatic carbocycles. The van der Waals surface area contributed by atoms with Gasteiger partial charge in [-0.3, -0.25) is 0 Å². The maximum atomic E-state index is 6.67. The monoisotopic (exact) mass is 809 g/mol. The predicted octanol–water partition coefficient (Wildman–Crippen LogP) is 16.9. The minimum Gasteiger partial charge on any atom is -0.456 e. The molecule has 63 heavy (non-hydrogen) atoms. The maximum Gasteiger partial charge on any atom is 0.136 e. The van der Waals surface area contributed by atoms with Crippen LogP contribution >= 0.6 is 0 Å². The molecule has 0 saturated heterocycles. The topological polar surface area (TPSA) is 29.5 Å². The molecule has 0 radical (unpaired) electrons. The van der Waals surface area contributed by atoms with Gasteiger partial charge in [-0.1, -0.05) is 155 Å². The third-order valence-electron chi connectivity index (χ3n) is 14.3. The van der Waals surface area contributed by atoms with Crippen LogP contribution in [0.5, 0.6) is 0 Å². The maximum absolute atomic E-state index is 6.67. The Kier molecular flexibility index (Phi) is 7.42. The van der Waals surface area contributed by atoms with Gasteiger partial charge in [0.15, 0.2) is 0 Å². The van der Waals surface area contributed by atoms with E-state index in [2.05, 4.69) is 221 Å². The van der Waals surface area contributed by atoms with Crippen LogP contribution in [0.15, 0.2) is 197 Å². The van der Waals surface area contributed by atoms with E-state index in [0.29, 0.717) is 0 Å². The van der Waals surface area contributed by atoms with E-state index in [9.17, 15) is 0 Å². The van der Waals surface area contributed by atoms with Crippen molar-refractivity contribution >= 4 is 60.9 Å². The first-order valence-corrected chi connectivity index (χ1v) is 22.0. The first-order chi connectivity index (χ1) is 30.7. The molecule has 0 bridgehead atoms. The predicted molar refractivity (Wildman–Crippen MR) is 262 cm³/mol. The highest BCUT2D eigenvalue weighted by Crippen LogP contribution is 2.53. The number of rotatable bonds is 5. The molecule has 0 fully saturated rings. The fourth-order valence-corrected chi connectivity index (χ4v) is 11.1. The lowest BCUT2D eigenvalue weighted by molar-refractivity contribution is 0.660. The van der Waals surface area contributed by atoms with E-state index in [4.69, 9.17) is 8.83 Å². The van der Waals surface area contributed by atoms with Crippen LogP contribution in [0.1, 0.15) is 49.9 Å². The smallest absolute Gasteiger partial charge is 0.136 e. The zero-order chi connectivity index (χ0) is 42.2. The van der Waals surface area contributed by atoms with Crippen LogP contribution in [-0.4, -0.2) is 0 Å². The average molecular weight is 810 g/mol. The number of fused-ring (bicyclic) bond motifs is 12. The Labute approximate surface area is 366 Å². The quantitative estimate of drug-likeness (QED) is 0.173. The van der Waals surface area contributed by atoms with Crippen molar-refractivity contribution in [2.24, 2.45) is 0 Å². The molecule has 2 aliphatic carbocycles. The Bertz CT molecular complexity index is 3570. The summed E-state index contributed by atoms with van der Waals surface area (Å²) in [6, 6.07) is 68.5. The van der Waals surface area contributed by atoms with Crippen molar-refractivity contribution in [1.82, 2.24) is 0 Å². The average Bonchev–Trinajstić information content (AvgIpc) is 4.01. The SMILES string of the molecule is CC1(C)c2ccccc2-c2ccc(N(c3ccc(-c4cccc5oc6cc7c(cc6c45)oc4cccc(-c5ccccc5)c47)cc3)c3ccc4c(c3)C(C)(C)c3ccccc3-4)cc21. The van der Waals surface area contributed by atoms with Crippen molar-refractivity contribution < 1.29 is 8.83 Å². The van der Waals surface area contributed by atoms with E-state index in [-0.39, 0.29) is 10.8 Å². The van der Waals surface area contributed by atoms with Gasteiger partial charge in [-0.25, -0.2) is 0 Å². The molecule has 0 unspecified atom stereocenters. The van der Waals surface area contributed by atoms with Crippen molar-refractivity contribution in [3.8, 4) is 44.5 Å². The van der Waals surface area contributed by atoms with Crippen molar-refractivity contribution in [1.29, 1.82) is 0 Å². The Hall–Kier alpha value is -7.62. The second-order valence-electron chi connectivity index (χ2n) is 18.5. The lowest BCUT2D eigenvalue weighted by Gasteiger charge is -2.30. The van der Waals surface area contributed by atoms with Crippen molar-refractivity contribution in [3.63, 3.8) is 0 Å². The summed E-state index contributed by atoms with van der Waals surface area (Å²) >= 11 is 0. The summed E-state index contributed by atoms with van der Waals surface area (Å²) < 4.78 is 13.3. The van der Waals surface area contributed by atoms with Crippen LogP contribution in [0.4, 0.5) is 17.1 Å². The van der Waals surface area contributed by atoms with E-state index in [1.807, 2.05) is 0 Å². The molecule has 13 rings (SSSR count). The van der Waals surface area contributed by atoms with Gasteiger partial charge in [0.05, 0.1) is 0 Å². The highest BCUT2D eigenvalue weighted by Gasteiger charge is 2.37. The molecule has 0 amide bonds. The zero-order valence-corrected chi connectivity index (χ0v) is 35.7. The fraction of sp³-hybridized carbons (Fsp3) is 0.100. The minimum absolute atomic E-state index is 0.122. The van der Waals surface area contributed by atoms with Gasteiger partial charge < -0.3 is 13.7 Å². The normalized spacial score (nSPS) is 14.3. The fourth-order valence-electron chi connectivity index (χ4n) is 11.1. The number of hydrogen-bond donors (Lipinski definition) is 0. The first kappa shape index (κ1) is 36.1. The number of furan rings is 2. The molecule has 0 saturated carbocycles. The van der Waals surface area contributed by atoms with Crippen LogP contribution in [-0.2, 0) is 10.8 Å². The van der Waals surface area contributed by atoms with Gasteiger partial charge in [-0.05, 0) is 127 Å². The Morgan fingerprint density at radius 1 is 0.317 bits per heavy atom. The van der Waals surface area contributed by atoms with Gasteiger partial charge in [0.1, 0.15) is 22.3 Å². The summed E-state index contributed by atoms with van der Waals surface area (Å²) in [7, 11) is 0. The summed E-state index contributed by atoms with van der Waals surface area (Å²) in [5.74, 6) is 0. The van der Waals surface area contributed by atoms with Crippen LogP contribution < -0.4 is 4.90 Å². The van der Waals surface area contributed by atoms with E-state index in [1.54, 1.807) is 0 Å². The van der Waals surface area contributed by atoms with E-state index >= 15 is 0 Å². The van der Waals surface area contributed by atoms with E-state index < -0.39 is 0 Å². The molecule has 0 atom stereocenters. The standard InChI is InChI=1S/C60H43NO2/c1-59(2)49-20-10-8-16-43(49)45-30-28-39(32-51(45)59)61(40-29-31-46-44-17-9-11-21-50(44)60(3,4)52(46)33-40)38-26-24-37(25-27-38)42-19-13-23-54-58(42)48-35-55-47(34-56(48)63-54)57-41(18-12-22-53(57)62-55)36-14-6-5-7-15-36/h5-35H,1-4H3. The Morgan fingerprint density at radius 2 is 0.730 bits per heavy atom. The third kappa shape index (κ3) is 5.14. The van der Waals surface area contributed by atoms with Crippen LogP contribution in [0.3, 0.4) is 0 Å². The lowest BCUT2D eigenvalue weighted by Crippen LogP contribution is -2.18. The largest absolute Gasteiger partial charge is 0.456 e. The van der Waals surface area contributed by atoms with Gasteiger partial charge in [0, 0.05) is 49.4 Å². The number of anilines is 3. The summed E-state index contributed by atoms with van der Waals surface area (Å²) in [5.41, 5.74) is 21.9. The van der Waals surface area contributed by atoms with Crippen LogP contribution in [0, 0.1) is 0 Å². The molecule has 0 N–H and O–H groups in total.